The zero-order valence-electron chi connectivity index (χ0n) is 14.0. The smallest absolute Gasteiger partial charge is 0.343 e. The largest absolute Gasteiger partial charge is 0.423 e. The van der Waals surface area contributed by atoms with Crippen LogP contribution < -0.4 is 4.74 Å². The van der Waals surface area contributed by atoms with Crippen LogP contribution >= 0.6 is 0 Å². The molecule has 0 aliphatic carbocycles. The lowest BCUT2D eigenvalue weighted by Crippen LogP contribution is -2.07. The van der Waals surface area contributed by atoms with Crippen LogP contribution in [0.2, 0.25) is 0 Å². The summed E-state index contributed by atoms with van der Waals surface area (Å²) < 4.78 is 37.3. The maximum absolute atomic E-state index is 12.2. The van der Waals surface area contributed by atoms with E-state index in [0.29, 0.717) is 16.7 Å². The van der Waals surface area contributed by atoms with Crippen molar-refractivity contribution in [3.63, 3.8) is 0 Å². The number of carbonyl (C=O) groups excluding carboxylic acids is 1. The average molecular weight is 378 g/mol. The van der Waals surface area contributed by atoms with Gasteiger partial charge in [0.2, 0.25) is 0 Å². The van der Waals surface area contributed by atoms with Gasteiger partial charge in [-0.25, -0.2) is 4.79 Å². The number of benzene rings is 4. The molecule has 27 heavy (non-hydrogen) atoms. The normalized spacial score (nSPS) is 11.6. The van der Waals surface area contributed by atoms with E-state index >= 15 is 0 Å². The van der Waals surface area contributed by atoms with Crippen molar-refractivity contribution in [3.05, 3.63) is 84.4 Å². The molecule has 0 aliphatic rings. The Bertz CT molecular complexity index is 1280. The lowest BCUT2D eigenvalue weighted by atomic mass is 10.0. The van der Waals surface area contributed by atoms with Crippen molar-refractivity contribution in [2.45, 2.75) is 4.90 Å². The van der Waals surface area contributed by atoms with Gasteiger partial charge < -0.3 is 4.74 Å². The maximum Gasteiger partial charge on any atom is 0.343 e. The summed E-state index contributed by atoms with van der Waals surface area (Å²) in [4.78, 5) is 12.0. The van der Waals surface area contributed by atoms with Crippen molar-refractivity contribution < 1.29 is 22.5 Å². The van der Waals surface area contributed by atoms with Gasteiger partial charge in [0.25, 0.3) is 10.1 Å². The lowest BCUT2D eigenvalue weighted by molar-refractivity contribution is 0.0735. The Morgan fingerprint density at radius 3 is 2.07 bits per heavy atom. The van der Waals surface area contributed by atoms with Gasteiger partial charge >= 0.3 is 5.97 Å². The summed E-state index contributed by atoms with van der Waals surface area (Å²) >= 11 is 0. The molecule has 0 radical (unpaired) electrons. The van der Waals surface area contributed by atoms with Gasteiger partial charge in [-0.15, -0.1) is 0 Å². The van der Waals surface area contributed by atoms with Crippen LogP contribution in [0.3, 0.4) is 0 Å². The second-order valence-corrected chi connectivity index (χ2v) is 7.52. The molecule has 1 N–H and O–H groups in total. The van der Waals surface area contributed by atoms with Crippen molar-refractivity contribution in [2.75, 3.05) is 0 Å². The van der Waals surface area contributed by atoms with E-state index in [4.69, 9.17) is 4.74 Å². The third-order valence-corrected chi connectivity index (χ3v) is 5.11. The molecule has 134 valence electrons. The summed E-state index contributed by atoms with van der Waals surface area (Å²) in [6.07, 6.45) is 0. The summed E-state index contributed by atoms with van der Waals surface area (Å²) in [6, 6.07) is 22.1. The van der Waals surface area contributed by atoms with Gasteiger partial charge in [-0.1, -0.05) is 30.3 Å². The van der Waals surface area contributed by atoms with Crippen molar-refractivity contribution in [1.29, 1.82) is 0 Å². The highest BCUT2D eigenvalue weighted by Gasteiger charge is 2.11. The van der Waals surface area contributed by atoms with Crippen LogP contribution in [0.1, 0.15) is 10.4 Å². The zero-order chi connectivity index (χ0) is 19.0. The van der Waals surface area contributed by atoms with Gasteiger partial charge in [0.1, 0.15) is 5.75 Å². The van der Waals surface area contributed by atoms with Crippen LogP contribution in [0, 0.1) is 0 Å². The van der Waals surface area contributed by atoms with E-state index in [9.17, 15) is 17.8 Å². The molecule has 5 nitrogen and oxygen atoms in total. The summed E-state index contributed by atoms with van der Waals surface area (Å²) in [5.74, 6) is -0.0639. The predicted molar refractivity (Wildman–Crippen MR) is 103 cm³/mol. The molecule has 0 fully saturated rings. The fourth-order valence-corrected chi connectivity index (χ4v) is 3.43. The molecule has 0 bridgehead atoms. The van der Waals surface area contributed by atoms with E-state index in [2.05, 4.69) is 0 Å². The molecule has 0 unspecified atom stereocenters. The molecule has 0 heterocycles. The highest BCUT2D eigenvalue weighted by atomic mass is 32.2. The monoisotopic (exact) mass is 378 g/mol. The standard InChI is InChI=1S/C21H14O5S/c22-21(14-4-2-1-3-5-14)26-19-8-6-15-10-16-7-9-20(27(23,24)25)13-18(16)11-17(15)12-19/h1-13H,(H,23,24,25). The molecular formula is C21H14O5S. The number of rotatable bonds is 3. The van der Waals surface area contributed by atoms with Crippen LogP contribution in [0.5, 0.6) is 5.75 Å². The third kappa shape index (κ3) is 3.53. The third-order valence-electron chi connectivity index (χ3n) is 4.26. The topological polar surface area (TPSA) is 80.7 Å². The first-order chi connectivity index (χ1) is 12.9. The Balaban J connectivity index is 1.74. The van der Waals surface area contributed by atoms with Crippen molar-refractivity contribution in [3.8, 4) is 5.75 Å². The minimum absolute atomic E-state index is 0.166. The number of esters is 1. The van der Waals surface area contributed by atoms with E-state index in [1.807, 2.05) is 18.2 Å². The second kappa shape index (κ2) is 6.50. The van der Waals surface area contributed by atoms with Crippen LogP contribution in [0.15, 0.2) is 83.8 Å². The molecule has 0 aromatic heterocycles. The lowest BCUT2D eigenvalue weighted by Gasteiger charge is -2.08. The zero-order valence-corrected chi connectivity index (χ0v) is 14.8. The van der Waals surface area contributed by atoms with Crippen molar-refractivity contribution >= 4 is 37.6 Å². The summed E-state index contributed by atoms with van der Waals surface area (Å²) in [5.41, 5.74) is 0.453. The van der Waals surface area contributed by atoms with E-state index in [1.165, 1.54) is 12.1 Å². The summed E-state index contributed by atoms with van der Waals surface area (Å²) in [7, 11) is -4.27. The fourth-order valence-electron chi connectivity index (χ4n) is 2.92. The Morgan fingerprint density at radius 2 is 1.37 bits per heavy atom. The molecule has 0 aliphatic heterocycles. The highest BCUT2D eigenvalue weighted by molar-refractivity contribution is 7.85. The number of fused-ring (bicyclic) bond motifs is 2. The molecule has 0 amide bonds. The van der Waals surface area contributed by atoms with Crippen molar-refractivity contribution in [1.82, 2.24) is 0 Å². The molecule has 0 spiro atoms. The second-order valence-electron chi connectivity index (χ2n) is 6.10. The van der Waals surface area contributed by atoms with Gasteiger partial charge in [0.15, 0.2) is 0 Å². The molecule has 4 aromatic rings. The van der Waals surface area contributed by atoms with Gasteiger partial charge in [0, 0.05) is 0 Å². The SMILES string of the molecule is O=C(Oc1ccc2cc3ccc(S(=O)(=O)O)cc3cc2c1)c1ccccc1. The first-order valence-electron chi connectivity index (χ1n) is 8.12. The minimum atomic E-state index is -4.27. The first-order valence-corrected chi connectivity index (χ1v) is 9.56. The van der Waals surface area contributed by atoms with Crippen LogP contribution in [0.25, 0.3) is 21.5 Å². The molecular weight excluding hydrogens is 364 g/mol. The van der Waals surface area contributed by atoms with Crippen LogP contribution in [-0.2, 0) is 10.1 Å². The Hall–Kier alpha value is -3.22. The fraction of sp³-hybridized carbons (Fsp3) is 0. The molecule has 6 heteroatoms. The van der Waals surface area contributed by atoms with Crippen LogP contribution in [0.4, 0.5) is 0 Å². The number of hydrogen-bond donors (Lipinski definition) is 1. The van der Waals surface area contributed by atoms with E-state index in [0.717, 1.165) is 16.2 Å². The predicted octanol–water partition coefficient (Wildman–Crippen LogP) is 4.46. The van der Waals surface area contributed by atoms with E-state index in [1.54, 1.807) is 48.5 Å². The quantitative estimate of drug-likeness (QED) is 0.246. The average Bonchev–Trinajstić information content (AvgIpc) is 2.66. The Labute approximate surface area is 155 Å². The van der Waals surface area contributed by atoms with Gasteiger partial charge in [-0.05, 0) is 70.1 Å². The molecule has 0 atom stereocenters. The Morgan fingerprint density at radius 1 is 0.741 bits per heavy atom. The number of ether oxygens (including phenoxy) is 1. The molecule has 4 aromatic carbocycles. The van der Waals surface area contributed by atoms with Crippen molar-refractivity contribution in [2.24, 2.45) is 0 Å². The van der Waals surface area contributed by atoms with Gasteiger partial charge in [-0.3, -0.25) is 4.55 Å². The van der Waals surface area contributed by atoms with Crippen LogP contribution in [-0.4, -0.2) is 18.9 Å². The maximum atomic E-state index is 12.2. The molecule has 0 saturated heterocycles. The summed E-state index contributed by atoms with van der Waals surface area (Å²) in [5, 5.41) is 3.20. The highest BCUT2D eigenvalue weighted by Crippen LogP contribution is 2.28. The molecule has 4 rings (SSSR count). The Kier molecular flexibility index (Phi) is 4.14. The van der Waals surface area contributed by atoms with E-state index < -0.39 is 16.1 Å². The van der Waals surface area contributed by atoms with Gasteiger partial charge in [0.05, 0.1) is 10.5 Å². The molecule has 0 saturated carbocycles. The van der Waals surface area contributed by atoms with Gasteiger partial charge in [-0.2, -0.15) is 8.42 Å². The first kappa shape index (κ1) is 17.2. The minimum Gasteiger partial charge on any atom is -0.423 e. The van der Waals surface area contributed by atoms with E-state index in [-0.39, 0.29) is 4.90 Å². The number of carbonyl (C=O) groups is 1. The number of hydrogen-bond acceptors (Lipinski definition) is 4. The summed E-state index contributed by atoms with van der Waals surface area (Å²) in [6.45, 7) is 0.